The molecular formula is C9H12BrO2P. The lowest BCUT2D eigenvalue weighted by Gasteiger charge is -2.01. The maximum Gasteiger partial charge on any atom is 0.195 e. The van der Waals surface area contributed by atoms with Crippen LogP contribution >= 0.6 is 24.0 Å². The monoisotopic (exact) mass is 262 g/mol. The SMILES string of the molecule is CCO[PH](=O)Cc1ccc(Br)cc1. The Morgan fingerprint density at radius 2 is 2.00 bits per heavy atom. The van der Waals surface area contributed by atoms with Crippen molar-refractivity contribution >= 4 is 24.0 Å². The average Bonchev–Trinajstić information content (AvgIpc) is 2.09. The fraction of sp³-hybridized carbons (Fsp3) is 0.333. The molecule has 1 rings (SSSR count). The van der Waals surface area contributed by atoms with Crippen molar-refractivity contribution in [2.45, 2.75) is 13.1 Å². The molecule has 0 aromatic heterocycles. The van der Waals surface area contributed by atoms with Gasteiger partial charge in [-0.15, -0.1) is 0 Å². The van der Waals surface area contributed by atoms with E-state index in [4.69, 9.17) is 4.52 Å². The smallest absolute Gasteiger partial charge is 0.195 e. The zero-order chi connectivity index (χ0) is 9.68. The molecule has 72 valence electrons. The first kappa shape index (κ1) is 11.0. The quantitative estimate of drug-likeness (QED) is 0.777. The highest BCUT2D eigenvalue weighted by molar-refractivity contribution is 9.10. The summed E-state index contributed by atoms with van der Waals surface area (Å²) < 4.78 is 17.3. The Kier molecular flexibility index (Phi) is 4.71. The summed E-state index contributed by atoms with van der Waals surface area (Å²) in [6.07, 6.45) is 0.534. The van der Waals surface area contributed by atoms with Gasteiger partial charge in [-0.05, 0) is 24.6 Å². The second-order valence-electron chi connectivity index (χ2n) is 2.61. The van der Waals surface area contributed by atoms with Crippen molar-refractivity contribution in [3.8, 4) is 0 Å². The summed E-state index contributed by atoms with van der Waals surface area (Å²) in [5, 5.41) is 0. The van der Waals surface area contributed by atoms with E-state index in [0.717, 1.165) is 10.0 Å². The molecule has 0 saturated carbocycles. The van der Waals surface area contributed by atoms with Crippen LogP contribution in [0.3, 0.4) is 0 Å². The predicted molar refractivity (Wildman–Crippen MR) is 58.5 cm³/mol. The minimum absolute atomic E-state index is 0.522. The van der Waals surface area contributed by atoms with E-state index in [2.05, 4.69) is 15.9 Å². The minimum Gasteiger partial charge on any atom is -0.331 e. The van der Waals surface area contributed by atoms with Crippen LogP contribution in [0.5, 0.6) is 0 Å². The molecule has 0 fully saturated rings. The van der Waals surface area contributed by atoms with Crippen LogP contribution in [0.2, 0.25) is 0 Å². The van der Waals surface area contributed by atoms with Gasteiger partial charge in [-0.3, -0.25) is 4.57 Å². The summed E-state index contributed by atoms with van der Waals surface area (Å²) in [4.78, 5) is 0. The van der Waals surface area contributed by atoms with Gasteiger partial charge in [0.25, 0.3) is 0 Å². The molecule has 0 aliphatic heterocycles. The molecule has 0 heterocycles. The van der Waals surface area contributed by atoms with E-state index in [1.165, 1.54) is 0 Å². The fourth-order valence-corrected chi connectivity index (χ4v) is 2.24. The van der Waals surface area contributed by atoms with Crippen molar-refractivity contribution in [1.82, 2.24) is 0 Å². The molecular weight excluding hydrogens is 251 g/mol. The number of halogens is 1. The van der Waals surface area contributed by atoms with Gasteiger partial charge in [0.2, 0.25) is 0 Å². The molecule has 0 aliphatic rings. The molecule has 2 nitrogen and oxygen atoms in total. The molecule has 0 radical (unpaired) electrons. The Balaban J connectivity index is 2.54. The number of hydrogen-bond acceptors (Lipinski definition) is 2. The van der Waals surface area contributed by atoms with Gasteiger partial charge in [0, 0.05) is 10.6 Å². The van der Waals surface area contributed by atoms with E-state index in [-0.39, 0.29) is 0 Å². The van der Waals surface area contributed by atoms with Crippen molar-refractivity contribution in [2.24, 2.45) is 0 Å². The van der Waals surface area contributed by atoms with Crippen LogP contribution in [0.1, 0.15) is 12.5 Å². The zero-order valence-corrected chi connectivity index (χ0v) is 10.0. The van der Waals surface area contributed by atoms with Gasteiger partial charge in [-0.25, -0.2) is 0 Å². The Labute approximate surface area is 87.3 Å². The molecule has 0 bridgehead atoms. The Hall–Kier alpha value is -0.110. The van der Waals surface area contributed by atoms with E-state index in [1.54, 1.807) is 0 Å². The second kappa shape index (κ2) is 5.58. The normalized spacial score (nSPS) is 12.8. The largest absolute Gasteiger partial charge is 0.331 e. The zero-order valence-electron chi connectivity index (χ0n) is 7.42. The van der Waals surface area contributed by atoms with Crippen LogP contribution < -0.4 is 0 Å². The lowest BCUT2D eigenvalue weighted by Crippen LogP contribution is -1.83. The van der Waals surface area contributed by atoms with Crippen molar-refractivity contribution in [3.63, 3.8) is 0 Å². The highest BCUT2D eigenvalue weighted by Gasteiger charge is 2.00. The summed E-state index contributed by atoms with van der Waals surface area (Å²) in [5.74, 6) is 0. The average molecular weight is 263 g/mol. The molecule has 13 heavy (non-hydrogen) atoms. The second-order valence-corrected chi connectivity index (χ2v) is 4.91. The van der Waals surface area contributed by atoms with E-state index in [0.29, 0.717) is 12.8 Å². The van der Waals surface area contributed by atoms with Crippen molar-refractivity contribution in [2.75, 3.05) is 6.61 Å². The Morgan fingerprint density at radius 1 is 1.38 bits per heavy atom. The summed E-state index contributed by atoms with van der Waals surface area (Å²) in [7, 11) is -1.87. The predicted octanol–water partition coefficient (Wildman–Crippen LogP) is 3.46. The lowest BCUT2D eigenvalue weighted by molar-refractivity contribution is 0.350. The van der Waals surface area contributed by atoms with Crippen LogP contribution in [-0.4, -0.2) is 6.61 Å². The Bertz CT molecular complexity index is 284. The molecule has 1 aromatic rings. The summed E-state index contributed by atoms with van der Waals surface area (Å²) in [5.41, 5.74) is 1.06. The van der Waals surface area contributed by atoms with Gasteiger partial charge < -0.3 is 4.52 Å². The van der Waals surface area contributed by atoms with Crippen LogP contribution in [0.4, 0.5) is 0 Å². The lowest BCUT2D eigenvalue weighted by atomic mass is 10.2. The topological polar surface area (TPSA) is 26.3 Å². The highest BCUT2D eigenvalue weighted by Crippen LogP contribution is 2.28. The molecule has 1 atom stereocenters. The van der Waals surface area contributed by atoms with Crippen LogP contribution in [0, 0.1) is 0 Å². The van der Waals surface area contributed by atoms with E-state index in [9.17, 15) is 4.57 Å². The van der Waals surface area contributed by atoms with Gasteiger partial charge in [0.15, 0.2) is 8.03 Å². The molecule has 0 aliphatic carbocycles. The van der Waals surface area contributed by atoms with E-state index < -0.39 is 8.03 Å². The maximum absolute atomic E-state index is 11.2. The third-order valence-corrected chi connectivity index (χ3v) is 3.40. The van der Waals surface area contributed by atoms with Crippen LogP contribution in [-0.2, 0) is 15.3 Å². The van der Waals surface area contributed by atoms with Crippen molar-refractivity contribution in [1.29, 1.82) is 0 Å². The van der Waals surface area contributed by atoms with Crippen LogP contribution in [0.25, 0.3) is 0 Å². The molecule has 0 saturated heterocycles. The summed E-state index contributed by atoms with van der Waals surface area (Å²) >= 11 is 3.34. The van der Waals surface area contributed by atoms with E-state index in [1.807, 2.05) is 31.2 Å². The molecule has 0 amide bonds. The fourth-order valence-electron chi connectivity index (χ4n) is 0.981. The van der Waals surface area contributed by atoms with Gasteiger partial charge in [0.1, 0.15) is 0 Å². The first-order valence-electron chi connectivity index (χ1n) is 4.12. The Morgan fingerprint density at radius 3 is 2.54 bits per heavy atom. The van der Waals surface area contributed by atoms with Gasteiger partial charge in [-0.2, -0.15) is 0 Å². The first-order chi connectivity index (χ1) is 6.22. The third kappa shape index (κ3) is 4.08. The number of benzene rings is 1. The van der Waals surface area contributed by atoms with Crippen molar-refractivity contribution in [3.05, 3.63) is 34.3 Å². The molecule has 1 unspecified atom stereocenters. The van der Waals surface area contributed by atoms with Gasteiger partial charge in [0.05, 0.1) is 6.61 Å². The third-order valence-electron chi connectivity index (χ3n) is 1.57. The van der Waals surface area contributed by atoms with Gasteiger partial charge in [-0.1, -0.05) is 28.1 Å². The van der Waals surface area contributed by atoms with E-state index >= 15 is 0 Å². The first-order valence-corrected chi connectivity index (χ1v) is 6.44. The highest BCUT2D eigenvalue weighted by atomic mass is 79.9. The maximum atomic E-state index is 11.2. The van der Waals surface area contributed by atoms with Crippen molar-refractivity contribution < 1.29 is 9.09 Å². The molecule has 0 spiro atoms. The van der Waals surface area contributed by atoms with Gasteiger partial charge >= 0.3 is 0 Å². The summed E-state index contributed by atoms with van der Waals surface area (Å²) in [6, 6.07) is 7.78. The number of rotatable bonds is 4. The molecule has 0 N–H and O–H groups in total. The molecule has 1 aromatic carbocycles. The summed E-state index contributed by atoms with van der Waals surface area (Å²) in [6.45, 7) is 2.37. The molecule has 4 heteroatoms. The minimum atomic E-state index is -1.87. The van der Waals surface area contributed by atoms with Crippen LogP contribution in [0.15, 0.2) is 28.7 Å². The standard InChI is InChI=1S/C9H12BrO2P/c1-2-12-13(11)7-8-3-5-9(10)6-4-8/h3-6,13H,2,7H2,1H3. The number of hydrogen-bond donors (Lipinski definition) is 0.